The normalized spacial score (nSPS) is 17.2. The summed E-state index contributed by atoms with van der Waals surface area (Å²) < 4.78 is 11.4. The molecule has 2 aliphatic heterocycles. The van der Waals surface area contributed by atoms with Crippen LogP contribution in [-0.4, -0.2) is 70.3 Å². The Labute approximate surface area is 202 Å². The molecule has 34 heavy (non-hydrogen) atoms. The van der Waals surface area contributed by atoms with Gasteiger partial charge in [0.15, 0.2) is 16.8 Å². The first-order chi connectivity index (χ1) is 16.5. The van der Waals surface area contributed by atoms with Crippen molar-refractivity contribution in [1.82, 2.24) is 4.90 Å². The number of rotatable bonds is 4. The minimum Gasteiger partial charge on any atom is -0.448 e. The van der Waals surface area contributed by atoms with E-state index in [0.29, 0.717) is 34.9 Å². The van der Waals surface area contributed by atoms with Crippen LogP contribution in [0.1, 0.15) is 10.6 Å². The van der Waals surface area contributed by atoms with E-state index in [2.05, 4.69) is 27.1 Å². The lowest BCUT2D eigenvalue weighted by molar-refractivity contribution is 0.0997. The van der Waals surface area contributed by atoms with Gasteiger partial charge in [-0.3, -0.25) is 9.59 Å². The number of halogens is 1. The highest BCUT2D eigenvalue weighted by atomic mass is 35.5. The minimum atomic E-state index is -0.498. The van der Waals surface area contributed by atoms with E-state index in [4.69, 9.17) is 20.8 Å². The molecule has 2 aromatic carbocycles. The molecule has 0 bridgehead atoms. The Balaban J connectivity index is 1.40. The Morgan fingerprint density at radius 3 is 2.41 bits per heavy atom. The molecule has 0 atom stereocenters. The van der Waals surface area contributed by atoms with Gasteiger partial charge in [-0.05, 0) is 37.4 Å². The lowest BCUT2D eigenvalue weighted by Crippen LogP contribution is -2.44. The zero-order valence-electron chi connectivity index (χ0n) is 19.1. The van der Waals surface area contributed by atoms with Gasteiger partial charge in [0.1, 0.15) is 0 Å². The highest BCUT2D eigenvalue weighted by Gasteiger charge is 2.21. The highest BCUT2D eigenvalue weighted by Crippen LogP contribution is 2.30. The molecule has 0 saturated carbocycles. The molecule has 3 aromatic rings. The van der Waals surface area contributed by atoms with E-state index in [1.807, 2.05) is 18.2 Å². The Morgan fingerprint density at radius 1 is 0.941 bits per heavy atom. The molecule has 0 unspecified atom stereocenters. The third kappa shape index (κ3) is 4.61. The van der Waals surface area contributed by atoms with Gasteiger partial charge in [0, 0.05) is 51.0 Å². The topological polar surface area (TPSA) is 78.3 Å². The fourth-order valence-corrected chi connectivity index (χ4v) is 4.71. The quantitative estimate of drug-likeness (QED) is 0.611. The number of hydrogen-bond donors (Lipinski definition) is 1. The maximum absolute atomic E-state index is 13.0. The molecule has 0 spiro atoms. The summed E-state index contributed by atoms with van der Waals surface area (Å²) in [4.78, 5) is 32.4. The van der Waals surface area contributed by atoms with Crippen LogP contribution in [0.3, 0.4) is 0 Å². The number of amides is 1. The molecular weight excluding hydrogens is 456 g/mol. The lowest BCUT2D eigenvalue weighted by atomic mass is 10.1. The minimum absolute atomic E-state index is 0.0348. The first-order valence-corrected chi connectivity index (χ1v) is 11.8. The number of morpholine rings is 1. The summed E-state index contributed by atoms with van der Waals surface area (Å²) in [5.41, 5.74) is 2.45. The zero-order chi connectivity index (χ0) is 23.7. The van der Waals surface area contributed by atoms with Crippen LogP contribution in [0.15, 0.2) is 51.7 Å². The second-order valence-electron chi connectivity index (χ2n) is 8.64. The van der Waals surface area contributed by atoms with Crippen molar-refractivity contribution in [3.05, 3.63) is 63.5 Å². The number of piperazine rings is 1. The van der Waals surface area contributed by atoms with Gasteiger partial charge < -0.3 is 29.2 Å². The Bertz CT molecular complexity index is 1260. The molecule has 0 radical (unpaired) electrons. The summed E-state index contributed by atoms with van der Waals surface area (Å²) in [6, 6.07) is 12.1. The SMILES string of the molecule is CN1CCN(c2cccc3c(=O)cc(C(=O)Nc4ccc(N5CCOCC5)c(Cl)c4)oc23)CC1. The Morgan fingerprint density at radius 2 is 1.68 bits per heavy atom. The zero-order valence-corrected chi connectivity index (χ0v) is 19.8. The van der Waals surface area contributed by atoms with Gasteiger partial charge in [-0.2, -0.15) is 0 Å². The van der Waals surface area contributed by atoms with Crippen LogP contribution in [-0.2, 0) is 4.74 Å². The molecule has 2 fully saturated rings. The van der Waals surface area contributed by atoms with E-state index in [0.717, 1.165) is 50.6 Å². The molecule has 1 amide bonds. The van der Waals surface area contributed by atoms with Gasteiger partial charge in [0.05, 0.1) is 35.0 Å². The summed E-state index contributed by atoms with van der Waals surface area (Å²) in [6.45, 7) is 6.34. The number of anilines is 3. The van der Waals surface area contributed by atoms with E-state index in [9.17, 15) is 9.59 Å². The van der Waals surface area contributed by atoms with Crippen molar-refractivity contribution in [1.29, 1.82) is 0 Å². The molecule has 8 nitrogen and oxygen atoms in total. The first-order valence-electron chi connectivity index (χ1n) is 11.4. The van der Waals surface area contributed by atoms with Crippen LogP contribution < -0.4 is 20.5 Å². The molecule has 1 aromatic heterocycles. The molecule has 2 aliphatic rings. The number of nitrogens with one attached hydrogen (secondary N) is 1. The van der Waals surface area contributed by atoms with Crippen molar-refractivity contribution in [2.24, 2.45) is 0 Å². The van der Waals surface area contributed by atoms with Crippen LogP contribution in [0.2, 0.25) is 5.02 Å². The Kier molecular flexibility index (Phi) is 6.45. The van der Waals surface area contributed by atoms with Crippen molar-refractivity contribution in [3.63, 3.8) is 0 Å². The smallest absolute Gasteiger partial charge is 0.291 e. The van der Waals surface area contributed by atoms with E-state index in [1.54, 1.807) is 18.2 Å². The molecule has 5 rings (SSSR count). The van der Waals surface area contributed by atoms with Gasteiger partial charge in [0.2, 0.25) is 0 Å². The number of carbonyl (C=O) groups is 1. The van der Waals surface area contributed by atoms with Crippen molar-refractivity contribution < 1.29 is 13.9 Å². The van der Waals surface area contributed by atoms with E-state index < -0.39 is 5.91 Å². The van der Waals surface area contributed by atoms with Gasteiger partial charge in [0.25, 0.3) is 5.91 Å². The number of benzene rings is 2. The van der Waals surface area contributed by atoms with Crippen molar-refractivity contribution >= 4 is 45.5 Å². The molecule has 9 heteroatoms. The largest absolute Gasteiger partial charge is 0.448 e. The average molecular weight is 483 g/mol. The second kappa shape index (κ2) is 9.66. The molecule has 1 N–H and O–H groups in total. The van der Waals surface area contributed by atoms with Crippen LogP contribution in [0, 0.1) is 0 Å². The van der Waals surface area contributed by atoms with Gasteiger partial charge in [-0.25, -0.2) is 0 Å². The number of ether oxygens (including phenoxy) is 1. The van der Waals surface area contributed by atoms with Crippen LogP contribution in [0.5, 0.6) is 0 Å². The molecular formula is C25H27ClN4O4. The van der Waals surface area contributed by atoms with Crippen molar-refractivity contribution in [3.8, 4) is 0 Å². The maximum atomic E-state index is 13.0. The first kappa shape index (κ1) is 22.7. The lowest BCUT2D eigenvalue weighted by Gasteiger charge is -2.34. The van der Waals surface area contributed by atoms with Crippen molar-refractivity contribution in [2.45, 2.75) is 0 Å². The predicted octanol–water partition coefficient (Wildman–Crippen LogP) is 3.29. The number of para-hydroxylation sites is 1. The summed E-state index contributed by atoms with van der Waals surface area (Å²) in [7, 11) is 2.09. The third-order valence-corrected chi connectivity index (χ3v) is 6.66. The van der Waals surface area contributed by atoms with E-state index in [-0.39, 0.29) is 11.2 Å². The standard InChI is InChI=1S/C25H27ClN4O4/c1-28-7-9-29(10-8-28)21-4-2-3-18-22(31)16-23(34-24(18)21)25(32)27-17-5-6-20(19(26)15-17)30-11-13-33-14-12-30/h2-6,15-16H,7-14H2,1H3,(H,27,32). The summed E-state index contributed by atoms with van der Waals surface area (Å²) in [5, 5.41) is 3.81. The fourth-order valence-electron chi connectivity index (χ4n) is 4.41. The Hall–Kier alpha value is -3.07. The monoisotopic (exact) mass is 482 g/mol. The third-order valence-electron chi connectivity index (χ3n) is 6.36. The number of fused-ring (bicyclic) bond motifs is 1. The average Bonchev–Trinajstić information content (AvgIpc) is 2.85. The number of hydrogen-bond acceptors (Lipinski definition) is 7. The summed E-state index contributed by atoms with van der Waals surface area (Å²) in [6.07, 6.45) is 0. The maximum Gasteiger partial charge on any atom is 0.291 e. The summed E-state index contributed by atoms with van der Waals surface area (Å²) >= 11 is 6.50. The van der Waals surface area contributed by atoms with Crippen LogP contribution >= 0.6 is 11.6 Å². The van der Waals surface area contributed by atoms with Crippen molar-refractivity contribution in [2.75, 3.05) is 74.6 Å². The predicted molar refractivity (Wildman–Crippen MR) is 135 cm³/mol. The second-order valence-corrected chi connectivity index (χ2v) is 9.05. The van der Waals surface area contributed by atoms with Crippen LogP contribution in [0.25, 0.3) is 11.0 Å². The number of carbonyl (C=O) groups excluding carboxylic acids is 1. The van der Waals surface area contributed by atoms with Gasteiger partial charge in [-0.15, -0.1) is 0 Å². The number of nitrogens with zero attached hydrogens (tertiary/aromatic N) is 3. The van der Waals surface area contributed by atoms with E-state index >= 15 is 0 Å². The highest BCUT2D eigenvalue weighted by molar-refractivity contribution is 6.33. The molecule has 2 saturated heterocycles. The van der Waals surface area contributed by atoms with Gasteiger partial charge >= 0.3 is 0 Å². The molecule has 0 aliphatic carbocycles. The molecule has 3 heterocycles. The fraction of sp³-hybridized carbons (Fsp3) is 0.360. The van der Waals surface area contributed by atoms with Crippen LogP contribution in [0.4, 0.5) is 17.1 Å². The van der Waals surface area contributed by atoms with Gasteiger partial charge in [-0.1, -0.05) is 17.7 Å². The molecule has 178 valence electrons. The van der Waals surface area contributed by atoms with E-state index in [1.165, 1.54) is 6.07 Å². The summed E-state index contributed by atoms with van der Waals surface area (Å²) in [5.74, 6) is -0.533. The number of likely N-dealkylation sites (N-methyl/N-ethyl adjacent to an activating group) is 1.